The van der Waals surface area contributed by atoms with Crippen molar-refractivity contribution in [2.24, 2.45) is 4.99 Å². The molecule has 0 spiro atoms. The fourth-order valence-electron chi connectivity index (χ4n) is 1.07. The number of carbonyl (C=O) groups excluding carboxylic acids is 1. The molecule has 1 amide bonds. The van der Waals surface area contributed by atoms with Gasteiger partial charge in [-0.2, -0.15) is 0 Å². The third-order valence-corrected chi connectivity index (χ3v) is 2.31. The molecular weight excluding hydrogens is 202 g/mol. The van der Waals surface area contributed by atoms with Crippen LogP contribution in [-0.4, -0.2) is 37.7 Å². The molecule has 0 aromatic heterocycles. The molecule has 0 saturated carbocycles. The molecule has 0 bridgehead atoms. The van der Waals surface area contributed by atoms with Crippen LogP contribution in [0.3, 0.4) is 0 Å². The third-order valence-electron chi connectivity index (χ3n) is 2.31. The van der Waals surface area contributed by atoms with Gasteiger partial charge in [0.2, 0.25) is 0 Å². The Bertz CT molecular complexity index is 338. The molecule has 0 aromatic carbocycles. The lowest BCUT2D eigenvalue weighted by Crippen LogP contribution is -2.30. The van der Waals surface area contributed by atoms with Crippen LogP contribution in [0.5, 0.6) is 0 Å². The second-order valence-corrected chi connectivity index (χ2v) is 3.67. The Morgan fingerprint density at radius 1 is 1.31 bits per heavy atom. The summed E-state index contributed by atoms with van der Waals surface area (Å²) in [4.78, 5) is 17.6. The van der Waals surface area contributed by atoms with Crippen molar-refractivity contribution in [3.8, 4) is 0 Å². The molecule has 0 atom stereocenters. The number of allylic oxidation sites excluding steroid dienone is 3. The Morgan fingerprint density at radius 3 is 2.25 bits per heavy atom. The maximum absolute atomic E-state index is 11.8. The van der Waals surface area contributed by atoms with Crippen molar-refractivity contribution in [2.45, 2.75) is 20.8 Å². The van der Waals surface area contributed by atoms with Crippen molar-refractivity contribution in [3.05, 3.63) is 23.5 Å². The molecule has 0 rings (SSSR count). The quantitative estimate of drug-likeness (QED) is 0.735. The first-order valence-electron chi connectivity index (χ1n) is 5.19. The standard InChI is InChI=1S/C12H21N3O/c1-7-8-11(13-4)12(16)14-9(2)10(3)15(5)6/h7-8H,1-6H3,(H,14,16)/b8-7-,10-9?,13-11?. The van der Waals surface area contributed by atoms with E-state index in [1.165, 1.54) is 0 Å². The van der Waals surface area contributed by atoms with Crippen LogP contribution < -0.4 is 5.32 Å². The van der Waals surface area contributed by atoms with Crippen LogP contribution in [0.1, 0.15) is 20.8 Å². The maximum Gasteiger partial charge on any atom is 0.273 e. The van der Waals surface area contributed by atoms with E-state index in [1.54, 1.807) is 19.2 Å². The largest absolute Gasteiger partial charge is 0.380 e. The van der Waals surface area contributed by atoms with Crippen LogP contribution in [-0.2, 0) is 4.79 Å². The average Bonchev–Trinajstić information content (AvgIpc) is 2.24. The second-order valence-electron chi connectivity index (χ2n) is 3.67. The Kier molecular flexibility index (Phi) is 6.15. The van der Waals surface area contributed by atoms with Crippen LogP contribution in [0.15, 0.2) is 28.5 Å². The molecule has 0 aliphatic rings. The summed E-state index contributed by atoms with van der Waals surface area (Å²) in [6.07, 6.45) is 3.48. The molecule has 0 saturated heterocycles. The fraction of sp³-hybridized carbons (Fsp3) is 0.500. The van der Waals surface area contributed by atoms with E-state index < -0.39 is 0 Å². The van der Waals surface area contributed by atoms with Crippen molar-refractivity contribution in [2.75, 3.05) is 21.1 Å². The summed E-state index contributed by atoms with van der Waals surface area (Å²) >= 11 is 0. The first-order chi connectivity index (χ1) is 7.43. The molecule has 0 aliphatic heterocycles. The van der Waals surface area contributed by atoms with E-state index >= 15 is 0 Å². The zero-order valence-electron chi connectivity index (χ0n) is 11.0. The normalized spacial score (nSPS) is 13.8. The molecule has 4 nitrogen and oxygen atoms in total. The van der Waals surface area contributed by atoms with Crippen LogP contribution in [0, 0.1) is 0 Å². The monoisotopic (exact) mass is 223 g/mol. The first kappa shape index (κ1) is 14.4. The Labute approximate surface area is 97.7 Å². The molecule has 0 unspecified atom stereocenters. The van der Waals surface area contributed by atoms with E-state index in [1.807, 2.05) is 39.8 Å². The minimum absolute atomic E-state index is 0.181. The summed E-state index contributed by atoms with van der Waals surface area (Å²) in [5, 5.41) is 2.81. The molecule has 0 aromatic rings. The molecule has 0 radical (unpaired) electrons. The van der Waals surface area contributed by atoms with Gasteiger partial charge in [0, 0.05) is 32.5 Å². The molecule has 16 heavy (non-hydrogen) atoms. The van der Waals surface area contributed by atoms with Crippen molar-refractivity contribution < 1.29 is 4.79 Å². The minimum atomic E-state index is -0.181. The van der Waals surface area contributed by atoms with Gasteiger partial charge >= 0.3 is 0 Å². The van der Waals surface area contributed by atoms with Gasteiger partial charge in [-0.05, 0) is 26.8 Å². The van der Waals surface area contributed by atoms with Crippen molar-refractivity contribution in [1.29, 1.82) is 0 Å². The van der Waals surface area contributed by atoms with Gasteiger partial charge in [0.05, 0.1) is 0 Å². The van der Waals surface area contributed by atoms with E-state index in [0.29, 0.717) is 5.71 Å². The lowest BCUT2D eigenvalue weighted by molar-refractivity contribution is -0.114. The maximum atomic E-state index is 11.8. The summed E-state index contributed by atoms with van der Waals surface area (Å²) < 4.78 is 0. The zero-order chi connectivity index (χ0) is 12.7. The smallest absolute Gasteiger partial charge is 0.273 e. The van der Waals surface area contributed by atoms with E-state index in [9.17, 15) is 4.79 Å². The highest BCUT2D eigenvalue weighted by atomic mass is 16.1. The summed E-state index contributed by atoms with van der Waals surface area (Å²) in [6, 6.07) is 0. The molecule has 0 fully saturated rings. The number of aliphatic imine (C=N–C) groups is 1. The molecule has 0 heterocycles. The van der Waals surface area contributed by atoms with Crippen LogP contribution >= 0.6 is 0 Å². The number of rotatable bonds is 4. The molecule has 90 valence electrons. The number of hydrogen-bond donors (Lipinski definition) is 1. The van der Waals surface area contributed by atoms with Crippen molar-refractivity contribution in [3.63, 3.8) is 0 Å². The van der Waals surface area contributed by atoms with Crippen LogP contribution in [0.4, 0.5) is 0 Å². The number of hydrogen-bond acceptors (Lipinski definition) is 3. The highest BCUT2D eigenvalue weighted by molar-refractivity contribution is 6.43. The van der Waals surface area contributed by atoms with Gasteiger partial charge in [-0.1, -0.05) is 6.08 Å². The van der Waals surface area contributed by atoms with Gasteiger partial charge in [0.1, 0.15) is 5.71 Å². The van der Waals surface area contributed by atoms with Gasteiger partial charge < -0.3 is 10.2 Å². The Hall–Kier alpha value is -1.58. The van der Waals surface area contributed by atoms with Gasteiger partial charge in [0.25, 0.3) is 5.91 Å². The zero-order valence-corrected chi connectivity index (χ0v) is 11.0. The Balaban J connectivity index is 4.76. The summed E-state index contributed by atoms with van der Waals surface area (Å²) in [5.74, 6) is -0.181. The second kappa shape index (κ2) is 6.82. The van der Waals surface area contributed by atoms with E-state index in [4.69, 9.17) is 0 Å². The van der Waals surface area contributed by atoms with Crippen molar-refractivity contribution in [1.82, 2.24) is 10.2 Å². The lowest BCUT2D eigenvalue weighted by Gasteiger charge is -2.17. The number of nitrogens with one attached hydrogen (secondary N) is 1. The van der Waals surface area contributed by atoms with Crippen LogP contribution in [0.25, 0.3) is 0 Å². The summed E-state index contributed by atoms with van der Waals surface area (Å²) in [6.45, 7) is 5.68. The predicted molar refractivity (Wildman–Crippen MR) is 68.4 cm³/mol. The Morgan fingerprint density at radius 2 is 1.88 bits per heavy atom. The number of nitrogens with zero attached hydrogens (tertiary/aromatic N) is 2. The van der Waals surface area contributed by atoms with Gasteiger partial charge in [-0.3, -0.25) is 9.79 Å². The SMILES string of the molecule is C/C=C\C(=NC)C(=O)NC(C)=C(C)N(C)C. The third kappa shape index (κ3) is 4.29. The predicted octanol–water partition coefficient (Wildman–Crippen LogP) is 1.56. The highest BCUT2D eigenvalue weighted by Gasteiger charge is 2.08. The topological polar surface area (TPSA) is 44.7 Å². The van der Waals surface area contributed by atoms with E-state index in [0.717, 1.165) is 11.4 Å². The van der Waals surface area contributed by atoms with Gasteiger partial charge in [0.15, 0.2) is 0 Å². The molecule has 0 aliphatic carbocycles. The van der Waals surface area contributed by atoms with Gasteiger partial charge in [-0.25, -0.2) is 0 Å². The van der Waals surface area contributed by atoms with E-state index in [-0.39, 0.29) is 5.91 Å². The van der Waals surface area contributed by atoms with E-state index in [2.05, 4.69) is 10.3 Å². The first-order valence-corrected chi connectivity index (χ1v) is 5.19. The van der Waals surface area contributed by atoms with Crippen LogP contribution in [0.2, 0.25) is 0 Å². The van der Waals surface area contributed by atoms with Crippen molar-refractivity contribution >= 4 is 11.6 Å². The summed E-state index contributed by atoms with van der Waals surface area (Å²) in [5.41, 5.74) is 2.28. The van der Waals surface area contributed by atoms with Gasteiger partial charge in [-0.15, -0.1) is 0 Å². The highest BCUT2D eigenvalue weighted by Crippen LogP contribution is 2.02. The minimum Gasteiger partial charge on any atom is -0.380 e. The fourth-order valence-corrected chi connectivity index (χ4v) is 1.07. The molecular formula is C12H21N3O. The number of carbonyl (C=O) groups is 1. The lowest BCUT2D eigenvalue weighted by atomic mass is 10.3. The molecule has 4 heteroatoms. The molecule has 1 N–H and O–H groups in total. The summed E-state index contributed by atoms with van der Waals surface area (Å²) in [7, 11) is 5.48. The number of amides is 1. The average molecular weight is 223 g/mol.